The summed E-state index contributed by atoms with van der Waals surface area (Å²) < 4.78 is 73.0. The Balaban J connectivity index is 1.71. The van der Waals surface area contributed by atoms with Crippen LogP contribution in [0.2, 0.25) is 0 Å². The predicted octanol–water partition coefficient (Wildman–Crippen LogP) is 2.24. The molecule has 0 aliphatic carbocycles. The first-order chi connectivity index (χ1) is 19.6. The van der Waals surface area contributed by atoms with Crippen LogP contribution in [0.4, 0.5) is 5.69 Å². The number of hydrogen-bond donors (Lipinski definition) is 2. The zero-order chi connectivity index (χ0) is 31.1. The third-order valence-corrected chi connectivity index (χ3v) is 10.9. The fourth-order valence-electron chi connectivity index (χ4n) is 4.92. The lowest BCUT2D eigenvalue weighted by Crippen LogP contribution is -2.50. The molecule has 42 heavy (non-hydrogen) atoms. The Kier molecular flexibility index (Phi) is 8.74. The van der Waals surface area contributed by atoms with Crippen LogP contribution in [0.5, 0.6) is 5.75 Å². The number of aromatic nitrogens is 2. The second-order valence-corrected chi connectivity index (χ2v) is 14.1. The fraction of sp³-hybridized carbons (Fsp3) is 0.500. The Hall–Kier alpha value is -3.47. The first-order valence-corrected chi connectivity index (χ1v) is 16.1. The van der Waals surface area contributed by atoms with Crippen LogP contribution in [0, 0.1) is 33.6 Å². The molecule has 1 aliphatic heterocycles. The molecule has 3 atom stereocenters. The van der Waals surface area contributed by atoms with Gasteiger partial charge in [-0.2, -0.15) is 4.31 Å². The predicted molar refractivity (Wildman–Crippen MR) is 150 cm³/mol. The maximum atomic E-state index is 13.7. The van der Waals surface area contributed by atoms with E-state index < -0.39 is 38.1 Å². The molecule has 3 aromatic rings. The topological polar surface area (TPSA) is 185 Å². The summed E-state index contributed by atoms with van der Waals surface area (Å²) >= 11 is 0. The number of likely N-dealkylation sites (N-methyl/N-ethyl adjacent to an activating group) is 1. The average Bonchev–Trinajstić information content (AvgIpc) is 3.45. The number of benzene rings is 1. The smallest absolute Gasteiger partial charge is 0.267 e. The van der Waals surface area contributed by atoms with E-state index in [9.17, 15) is 26.7 Å². The van der Waals surface area contributed by atoms with Gasteiger partial charge in [0.15, 0.2) is 16.4 Å². The Morgan fingerprint density at radius 1 is 1.07 bits per heavy atom. The highest BCUT2D eigenvalue weighted by atomic mass is 32.2. The van der Waals surface area contributed by atoms with Crippen molar-refractivity contribution in [3.63, 3.8) is 0 Å². The Labute approximate surface area is 244 Å². The van der Waals surface area contributed by atoms with Crippen molar-refractivity contribution in [2.24, 2.45) is 5.92 Å². The van der Waals surface area contributed by atoms with Crippen molar-refractivity contribution >= 4 is 31.6 Å². The van der Waals surface area contributed by atoms with Crippen LogP contribution in [0.25, 0.3) is 0 Å². The number of fused-ring (bicyclic) bond motifs is 1. The van der Waals surface area contributed by atoms with E-state index in [2.05, 4.69) is 15.0 Å². The number of nitrogens with zero attached hydrogens (tertiary/aromatic N) is 4. The lowest BCUT2D eigenvalue weighted by Gasteiger charge is -2.38. The molecule has 0 spiro atoms. The normalized spacial score (nSPS) is 18.8. The summed E-state index contributed by atoms with van der Waals surface area (Å²) in [5.41, 5.74) is 0.547. The zero-order valence-corrected chi connectivity index (χ0v) is 26.0. The molecule has 0 unspecified atom stereocenters. The highest BCUT2D eigenvalue weighted by Gasteiger charge is 2.37. The number of carbonyl (C=O) groups is 1. The third kappa shape index (κ3) is 5.88. The molecule has 0 saturated heterocycles. The van der Waals surface area contributed by atoms with E-state index in [1.165, 1.54) is 50.9 Å². The van der Waals surface area contributed by atoms with Gasteiger partial charge >= 0.3 is 0 Å². The standard InChI is InChI=1S/C26H35N5O9S2/c1-14-11-31(15(2)13-32)26(33)21-10-20(29-41(34,35)24-16(3)27-39-18(24)5)8-9-22(21)38-23(14)12-30(7)42(36,37)25-17(4)28-40-19(25)6/h8-10,14-15,23,29,32H,11-13H2,1-7H3/t14-,15+,23-/m1/s1. The van der Waals surface area contributed by atoms with Crippen molar-refractivity contribution in [1.82, 2.24) is 19.5 Å². The van der Waals surface area contributed by atoms with Gasteiger partial charge in [0.2, 0.25) is 10.0 Å². The van der Waals surface area contributed by atoms with Crippen LogP contribution in [-0.2, 0) is 20.0 Å². The number of aliphatic hydroxyl groups is 1. The van der Waals surface area contributed by atoms with Gasteiger partial charge in [-0.05, 0) is 52.8 Å². The van der Waals surface area contributed by atoms with Gasteiger partial charge in [0.05, 0.1) is 24.8 Å². The first-order valence-electron chi connectivity index (χ1n) is 13.2. The lowest BCUT2D eigenvalue weighted by atomic mass is 9.99. The van der Waals surface area contributed by atoms with Gasteiger partial charge in [-0.25, -0.2) is 16.8 Å². The molecule has 4 rings (SSSR count). The van der Waals surface area contributed by atoms with Crippen molar-refractivity contribution in [1.29, 1.82) is 0 Å². The molecule has 2 N–H and O–H groups in total. The molecule has 0 saturated carbocycles. The SMILES string of the molecule is Cc1noc(C)c1S(=O)(=O)Nc1ccc2c(c1)C(=O)N([C@@H](C)CO)C[C@@H](C)[C@@H](CN(C)S(=O)(=O)c1c(C)noc1C)O2. The van der Waals surface area contributed by atoms with E-state index in [0.29, 0.717) is 0 Å². The summed E-state index contributed by atoms with van der Waals surface area (Å²) in [6, 6.07) is 3.66. The van der Waals surface area contributed by atoms with E-state index in [1.54, 1.807) is 13.8 Å². The Bertz CT molecular complexity index is 1660. The third-order valence-electron chi connectivity index (χ3n) is 7.23. The summed E-state index contributed by atoms with van der Waals surface area (Å²) in [7, 11) is -6.68. The number of rotatable bonds is 9. The molecule has 16 heteroatoms. The largest absolute Gasteiger partial charge is 0.488 e. The van der Waals surface area contributed by atoms with Gasteiger partial charge < -0.3 is 23.8 Å². The molecule has 1 aliphatic rings. The van der Waals surface area contributed by atoms with Crippen molar-refractivity contribution in [3.8, 4) is 5.75 Å². The number of hydrogen-bond acceptors (Lipinski definition) is 11. The van der Waals surface area contributed by atoms with Gasteiger partial charge in [-0.15, -0.1) is 0 Å². The minimum atomic E-state index is -4.10. The van der Waals surface area contributed by atoms with Crippen LogP contribution in [-0.4, -0.2) is 86.3 Å². The van der Waals surface area contributed by atoms with Gasteiger partial charge in [0.25, 0.3) is 15.9 Å². The summed E-state index contributed by atoms with van der Waals surface area (Å²) in [4.78, 5) is 15.1. The number of carbonyl (C=O) groups excluding carboxylic acids is 1. The van der Waals surface area contributed by atoms with Crippen molar-refractivity contribution < 1.29 is 40.5 Å². The maximum absolute atomic E-state index is 13.7. The van der Waals surface area contributed by atoms with Crippen molar-refractivity contribution in [2.75, 3.05) is 31.5 Å². The van der Waals surface area contributed by atoms with Crippen molar-refractivity contribution in [3.05, 3.63) is 46.7 Å². The summed E-state index contributed by atoms with van der Waals surface area (Å²) in [6.07, 6.45) is -0.727. The van der Waals surface area contributed by atoms with Gasteiger partial charge in [0.1, 0.15) is 28.1 Å². The Morgan fingerprint density at radius 3 is 2.21 bits per heavy atom. The Morgan fingerprint density at radius 2 is 1.67 bits per heavy atom. The molecule has 0 bridgehead atoms. The monoisotopic (exact) mass is 625 g/mol. The number of amides is 1. The van der Waals surface area contributed by atoms with Gasteiger partial charge in [0, 0.05) is 25.2 Å². The number of ether oxygens (including phenoxy) is 1. The number of nitrogens with one attached hydrogen (secondary N) is 1. The summed E-state index contributed by atoms with van der Waals surface area (Å²) in [5, 5.41) is 17.4. The molecule has 0 fully saturated rings. The van der Waals surface area contributed by atoms with Crippen LogP contribution in [0.3, 0.4) is 0 Å². The quantitative estimate of drug-likeness (QED) is 0.355. The molecule has 1 aromatic carbocycles. The number of anilines is 1. The van der Waals surface area contributed by atoms with Crippen LogP contribution in [0.15, 0.2) is 37.0 Å². The minimum Gasteiger partial charge on any atom is -0.488 e. The molecule has 230 valence electrons. The van der Waals surface area contributed by atoms with E-state index in [4.69, 9.17) is 13.8 Å². The fourth-order valence-corrected chi connectivity index (χ4v) is 7.77. The van der Waals surface area contributed by atoms with E-state index in [0.717, 1.165) is 4.31 Å². The second-order valence-electron chi connectivity index (χ2n) is 10.5. The molecule has 14 nitrogen and oxygen atoms in total. The average molecular weight is 626 g/mol. The van der Waals surface area contributed by atoms with Crippen LogP contribution < -0.4 is 9.46 Å². The summed E-state index contributed by atoms with van der Waals surface area (Å²) in [6.45, 7) is 9.28. The van der Waals surface area contributed by atoms with Crippen LogP contribution in [0.1, 0.15) is 47.1 Å². The number of aryl methyl sites for hydroxylation is 4. The lowest BCUT2D eigenvalue weighted by molar-refractivity contribution is 0.0387. The molecule has 0 radical (unpaired) electrons. The van der Waals surface area contributed by atoms with E-state index >= 15 is 0 Å². The molecule has 2 aromatic heterocycles. The zero-order valence-electron chi connectivity index (χ0n) is 24.4. The van der Waals surface area contributed by atoms with Crippen molar-refractivity contribution in [2.45, 2.75) is 63.5 Å². The highest BCUT2D eigenvalue weighted by molar-refractivity contribution is 7.92. The number of aliphatic hydroxyl groups excluding tert-OH is 1. The minimum absolute atomic E-state index is 0.0233. The highest BCUT2D eigenvalue weighted by Crippen LogP contribution is 2.33. The number of sulfonamides is 2. The van der Waals surface area contributed by atoms with Gasteiger partial charge in [-0.3, -0.25) is 9.52 Å². The second kappa shape index (κ2) is 11.7. The summed E-state index contributed by atoms with van der Waals surface area (Å²) in [5.74, 6) is -0.435. The molecular weight excluding hydrogens is 590 g/mol. The van der Waals surface area contributed by atoms with E-state index in [-0.39, 0.29) is 75.3 Å². The van der Waals surface area contributed by atoms with Gasteiger partial charge in [-0.1, -0.05) is 17.2 Å². The molecule has 3 heterocycles. The maximum Gasteiger partial charge on any atom is 0.267 e. The van der Waals surface area contributed by atoms with E-state index in [1.807, 2.05) is 6.92 Å². The van der Waals surface area contributed by atoms with Crippen LogP contribution >= 0.6 is 0 Å². The molecule has 1 amide bonds. The first kappa shape index (κ1) is 31.5. The molecular formula is C26H35N5O9S2.